The Kier molecular flexibility index (Phi) is 6.15. The van der Waals surface area contributed by atoms with Gasteiger partial charge >= 0.3 is 0 Å². The molecule has 0 unspecified atom stereocenters. The van der Waals surface area contributed by atoms with Gasteiger partial charge in [0.1, 0.15) is 11.5 Å². The molecule has 0 bridgehead atoms. The van der Waals surface area contributed by atoms with Crippen LogP contribution in [-0.4, -0.2) is 43.1 Å². The van der Waals surface area contributed by atoms with Crippen molar-refractivity contribution in [2.45, 2.75) is 5.22 Å². The molecule has 0 N–H and O–H groups in total. The van der Waals surface area contributed by atoms with E-state index in [1.807, 2.05) is 0 Å². The van der Waals surface area contributed by atoms with Crippen LogP contribution in [0, 0.1) is 5.82 Å². The summed E-state index contributed by atoms with van der Waals surface area (Å²) in [6.45, 7) is 0. The van der Waals surface area contributed by atoms with Gasteiger partial charge in [0, 0.05) is 17.2 Å². The van der Waals surface area contributed by atoms with Crippen LogP contribution in [0.15, 0.2) is 46.0 Å². The molecule has 3 rings (SSSR count). The maximum absolute atomic E-state index is 13.7. The van der Waals surface area contributed by atoms with Crippen LogP contribution in [0.2, 0.25) is 0 Å². The van der Waals surface area contributed by atoms with E-state index in [0.29, 0.717) is 17.1 Å². The molecule has 0 aliphatic heterocycles. The number of nitrogens with zero attached hydrogens (tertiary/aromatic N) is 2. The number of Topliss-reactive ketones (excluding diaryl/α,β-unsaturated/α-hetero) is 1. The lowest BCUT2D eigenvalue weighted by molar-refractivity contribution is 0.102. The number of hydrogen-bond donors (Lipinski definition) is 0. The van der Waals surface area contributed by atoms with Crippen LogP contribution >= 0.6 is 11.8 Å². The molecule has 3 aromatic rings. The minimum Gasteiger partial charge on any atom is -0.497 e. The van der Waals surface area contributed by atoms with Gasteiger partial charge in [0.05, 0.1) is 27.1 Å². The molecule has 0 fully saturated rings. The summed E-state index contributed by atoms with van der Waals surface area (Å²) in [6, 6.07) is 9.25. The zero-order valence-corrected chi connectivity index (χ0v) is 16.2. The van der Waals surface area contributed by atoms with E-state index >= 15 is 0 Å². The SMILES string of the molecule is COc1cc(OC)cc(-c2nnc(SCC(=O)c3ccc(OC)c(F)c3)o2)c1. The highest BCUT2D eigenvalue weighted by molar-refractivity contribution is 7.99. The van der Waals surface area contributed by atoms with E-state index in [1.54, 1.807) is 32.4 Å². The van der Waals surface area contributed by atoms with Crippen LogP contribution in [0.1, 0.15) is 10.4 Å². The van der Waals surface area contributed by atoms with Crippen molar-refractivity contribution in [2.24, 2.45) is 0 Å². The fraction of sp³-hybridized carbons (Fsp3) is 0.211. The molecule has 0 amide bonds. The van der Waals surface area contributed by atoms with Crippen molar-refractivity contribution in [1.29, 1.82) is 0 Å². The number of carbonyl (C=O) groups excluding carboxylic acids is 1. The maximum atomic E-state index is 13.7. The Hall–Kier alpha value is -3.07. The fourth-order valence-corrected chi connectivity index (χ4v) is 3.02. The van der Waals surface area contributed by atoms with Crippen molar-refractivity contribution in [3.8, 4) is 28.7 Å². The van der Waals surface area contributed by atoms with E-state index in [9.17, 15) is 9.18 Å². The standard InChI is InChI=1S/C19H17FN2O5S/c1-24-13-6-12(7-14(9-13)25-2)18-21-22-19(27-18)28-10-16(23)11-4-5-17(26-3)15(20)8-11/h4-9H,10H2,1-3H3. The van der Waals surface area contributed by atoms with Gasteiger partial charge in [0.15, 0.2) is 17.3 Å². The van der Waals surface area contributed by atoms with Crippen molar-refractivity contribution in [2.75, 3.05) is 27.1 Å². The van der Waals surface area contributed by atoms with Gasteiger partial charge in [0.25, 0.3) is 5.22 Å². The predicted octanol–water partition coefficient (Wildman–Crippen LogP) is 3.88. The summed E-state index contributed by atoms with van der Waals surface area (Å²) >= 11 is 1.07. The van der Waals surface area contributed by atoms with Crippen molar-refractivity contribution in [3.05, 3.63) is 47.8 Å². The molecular formula is C19H17FN2O5S. The molecule has 0 radical (unpaired) electrons. The number of ether oxygens (including phenoxy) is 3. The summed E-state index contributed by atoms with van der Waals surface area (Å²) in [4.78, 5) is 12.3. The molecule has 0 aliphatic rings. The van der Waals surface area contributed by atoms with Crippen LogP contribution < -0.4 is 14.2 Å². The van der Waals surface area contributed by atoms with Crippen LogP contribution in [0.3, 0.4) is 0 Å². The number of thioether (sulfide) groups is 1. The smallest absolute Gasteiger partial charge is 0.277 e. The van der Waals surface area contributed by atoms with Crippen molar-refractivity contribution in [3.63, 3.8) is 0 Å². The summed E-state index contributed by atoms with van der Waals surface area (Å²) in [5, 5.41) is 8.14. The van der Waals surface area contributed by atoms with Crippen LogP contribution in [0.4, 0.5) is 4.39 Å². The van der Waals surface area contributed by atoms with E-state index in [2.05, 4.69) is 10.2 Å². The van der Waals surface area contributed by atoms with Crippen molar-refractivity contribution in [1.82, 2.24) is 10.2 Å². The first-order chi connectivity index (χ1) is 13.5. The number of halogens is 1. The molecule has 1 heterocycles. The second-order valence-electron chi connectivity index (χ2n) is 5.54. The monoisotopic (exact) mass is 404 g/mol. The highest BCUT2D eigenvalue weighted by atomic mass is 32.2. The Labute approximate surface area is 164 Å². The second-order valence-corrected chi connectivity index (χ2v) is 6.46. The number of methoxy groups -OCH3 is 3. The minimum atomic E-state index is -0.592. The second kappa shape index (κ2) is 8.75. The molecule has 1 aromatic heterocycles. The molecule has 146 valence electrons. The predicted molar refractivity (Wildman–Crippen MR) is 101 cm³/mol. The maximum Gasteiger partial charge on any atom is 0.277 e. The zero-order valence-electron chi connectivity index (χ0n) is 15.4. The molecule has 28 heavy (non-hydrogen) atoms. The Balaban J connectivity index is 1.70. The third-order valence-corrected chi connectivity index (χ3v) is 4.62. The number of hydrogen-bond acceptors (Lipinski definition) is 8. The Morgan fingerprint density at radius 2 is 1.75 bits per heavy atom. The molecule has 0 aliphatic carbocycles. The summed E-state index contributed by atoms with van der Waals surface area (Å²) in [5.74, 6) is 0.674. The molecule has 0 saturated heterocycles. The Bertz CT molecular complexity index is 970. The number of benzene rings is 2. The average Bonchev–Trinajstić information content (AvgIpc) is 3.20. The van der Waals surface area contributed by atoms with Gasteiger partial charge in [-0.1, -0.05) is 11.8 Å². The Morgan fingerprint density at radius 1 is 1.04 bits per heavy atom. The Morgan fingerprint density at radius 3 is 2.36 bits per heavy atom. The summed E-state index contributed by atoms with van der Waals surface area (Å²) < 4.78 is 34.6. The highest BCUT2D eigenvalue weighted by Crippen LogP contribution is 2.30. The highest BCUT2D eigenvalue weighted by Gasteiger charge is 2.15. The number of carbonyl (C=O) groups is 1. The lowest BCUT2D eigenvalue weighted by Crippen LogP contribution is -2.03. The third kappa shape index (κ3) is 4.42. The van der Waals surface area contributed by atoms with E-state index in [1.165, 1.54) is 19.2 Å². The first-order valence-electron chi connectivity index (χ1n) is 8.10. The van der Waals surface area contributed by atoms with Gasteiger partial charge in [-0.15, -0.1) is 10.2 Å². The number of ketones is 1. The third-order valence-electron chi connectivity index (χ3n) is 3.81. The average molecular weight is 404 g/mol. The lowest BCUT2D eigenvalue weighted by atomic mass is 10.1. The molecule has 0 saturated carbocycles. The number of aromatic nitrogens is 2. The zero-order chi connectivity index (χ0) is 20.1. The quantitative estimate of drug-likeness (QED) is 0.413. The minimum absolute atomic E-state index is 0.0227. The first-order valence-corrected chi connectivity index (χ1v) is 9.09. The largest absolute Gasteiger partial charge is 0.497 e. The first kappa shape index (κ1) is 19.7. The van der Waals surface area contributed by atoms with E-state index in [0.717, 1.165) is 17.8 Å². The van der Waals surface area contributed by atoms with Gasteiger partial charge < -0.3 is 18.6 Å². The van der Waals surface area contributed by atoms with E-state index in [-0.39, 0.29) is 34.0 Å². The van der Waals surface area contributed by atoms with E-state index in [4.69, 9.17) is 18.6 Å². The van der Waals surface area contributed by atoms with Crippen LogP contribution in [0.25, 0.3) is 11.5 Å². The lowest BCUT2D eigenvalue weighted by Gasteiger charge is -2.05. The van der Waals surface area contributed by atoms with Gasteiger partial charge in [0.2, 0.25) is 5.89 Å². The van der Waals surface area contributed by atoms with Crippen LogP contribution in [0.5, 0.6) is 17.2 Å². The molecule has 9 heteroatoms. The van der Waals surface area contributed by atoms with Crippen molar-refractivity contribution >= 4 is 17.5 Å². The van der Waals surface area contributed by atoms with Crippen LogP contribution in [-0.2, 0) is 0 Å². The molecule has 2 aromatic carbocycles. The van der Waals surface area contributed by atoms with Gasteiger partial charge in [-0.25, -0.2) is 4.39 Å². The topological polar surface area (TPSA) is 83.7 Å². The van der Waals surface area contributed by atoms with Gasteiger partial charge in [-0.3, -0.25) is 4.79 Å². The van der Waals surface area contributed by atoms with Gasteiger partial charge in [-0.05, 0) is 30.3 Å². The molecule has 0 atom stereocenters. The summed E-state index contributed by atoms with van der Waals surface area (Å²) in [7, 11) is 4.45. The molecule has 0 spiro atoms. The van der Waals surface area contributed by atoms with Crippen molar-refractivity contribution < 1.29 is 27.8 Å². The summed E-state index contributed by atoms with van der Waals surface area (Å²) in [5.41, 5.74) is 0.863. The molecule has 7 nitrogen and oxygen atoms in total. The fourth-order valence-electron chi connectivity index (χ4n) is 2.37. The van der Waals surface area contributed by atoms with E-state index < -0.39 is 5.82 Å². The molecular weight excluding hydrogens is 387 g/mol. The summed E-state index contributed by atoms with van der Waals surface area (Å²) in [6.07, 6.45) is 0. The normalized spacial score (nSPS) is 10.6. The number of rotatable bonds is 8. The van der Waals surface area contributed by atoms with Gasteiger partial charge in [-0.2, -0.15) is 0 Å².